The second kappa shape index (κ2) is 4.60. The fourth-order valence-corrected chi connectivity index (χ4v) is 2.35. The fraction of sp³-hybridized carbons (Fsp3) is 0.300. The minimum absolute atomic E-state index is 0.374. The summed E-state index contributed by atoms with van der Waals surface area (Å²) in [6.45, 7) is 0. The van der Waals surface area contributed by atoms with Gasteiger partial charge in [-0.2, -0.15) is 13.2 Å². The molecule has 18 heavy (non-hydrogen) atoms. The lowest BCUT2D eigenvalue weighted by atomic mass is 10.1. The first kappa shape index (κ1) is 14.5. The number of hydrogen-bond donors (Lipinski definition) is 1. The predicted octanol–water partition coefficient (Wildman–Crippen LogP) is 1.89. The Morgan fingerprint density at radius 2 is 1.89 bits per heavy atom. The number of hydrogen-bond acceptors (Lipinski definition) is 3. The number of alkyl halides is 3. The highest BCUT2D eigenvalue weighted by molar-refractivity contribution is 7.90. The molecule has 1 aromatic rings. The molecule has 0 aliphatic carbocycles. The first-order valence-corrected chi connectivity index (χ1v) is 6.53. The van der Waals surface area contributed by atoms with Gasteiger partial charge in [-0.15, -0.1) is 0 Å². The molecule has 0 bridgehead atoms. The first-order valence-electron chi connectivity index (χ1n) is 4.64. The number of carboxylic acid groups (broad SMARTS) is 1. The predicted molar refractivity (Wildman–Crippen MR) is 56.3 cm³/mol. The van der Waals surface area contributed by atoms with Crippen LogP contribution in [0.15, 0.2) is 23.1 Å². The van der Waals surface area contributed by atoms with Gasteiger partial charge in [-0.1, -0.05) is 6.07 Å². The third-order valence-corrected chi connectivity index (χ3v) is 3.28. The van der Waals surface area contributed by atoms with E-state index in [1.54, 1.807) is 0 Å². The molecule has 1 rings (SSSR count). The van der Waals surface area contributed by atoms with Crippen LogP contribution in [-0.4, -0.2) is 31.9 Å². The highest BCUT2D eigenvalue weighted by Gasteiger charge is 2.30. The minimum Gasteiger partial charge on any atom is -0.478 e. The van der Waals surface area contributed by atoms with Gasteiger partial charge in [0.25, 0.3) is 0 Å². The minimum atomic E-state index is -4.57. The van der Waals surface area contributed by atoms with E-state index in [1.807, 2.05) is 0 Å². The van der Waals surface area contributed by atoms with Crippen molar-refractivity contribution in [3.05, 3.63) is 29.3 Å². The van der Waals surface area contributed by atoms with Crippen molar-refractivity contribution in [3.63, 3.8) is 0 Å². The lowest BCUT2D eigenvalue weighted by Gasteiger charge is -2.11. The molecule has 0 aromatic heterocycles. The van der Waals surface area contributed by atoms with E-state index in [4.69, 9.17) is 5.11 Å². The third-order valence-electron chi connectivity index (χ3n) is 2.10. The number of carboxylic acids is 1. The maximum atomic E-state index is 12.3. The van der Waals surface area contributed by atoms with Crippen molar-refractivity contribution in [2.45, 2.75) is 17.5 Å². The molecule has 0 amide bonds. The molecule has 0 heterocycles. The Labute approximate surface area is 101 Å². The van der Waals surface area contributed by atoms with Crippen LogP contribution in [0.3, 0.4) is 0 Å². The van der Waals surface area contributed by atoms with E-state index in [0.717, 1.165) is 24.5 Å². The Morgan fingerprint density at radius 1 is 1.33 bits per heavy atom. The van der Waals surface area contributed by atoms with E-state index in [-0.39, 0.29) is 5.56 Å². The van der Waals surface area contributed by atoms with Gasteiger partial charge in [0, 0.05) is 6.26 Å². The van der Waals surface area contributed by atoms with E-state index >= 15 is 0 Å². The molecule has 1 aromatic carbocycles. The summed E-state index contributed by atoms with van der Waals surface area (Å²) >= 11 is 0. The summed E-state index contributed by atoms with van der Waals surface area (Å²) in [5.74, 6) is -1.40. The topological polar surface area (TPSA) is 71.4 Å². The Hall–Kier alpha value is -1.57. The van der Waals surface area contributed by atoms with E-state index in [9.17, 15) is 26.4 Å². The molecule has 0 radical (unpaired) electrons. The standard InChI is InChI=1S/C10H9F3O4S/c1-18(16,17)8-4-6(9(14)15)2-3-7(8)5-10(11,12)13/h2-4H,5H2,1H3,(H,14,15). The molecule has 0 fully saturated rings. The molecule has 0 saturated heterocycles. The van der Waals surface area contributed by atoms with E-state index in [2.05, 4.69) is 0 Å². The van der Waals surface area contributed by atoms with Gasteiger partial charge in [0.1, 0.15) is 0 Å². The number of sulfone groups is 1. The summed E-state index contributed by atoms with van der Waals surface area (Å²) in [5, 5.41) is 8.68. The van der Waals surface area contributed by atoms with Crippen LogP contribution in [0.1, 0.15) is 15.9 Å². The van der Waals surface area contributed by atoms with Crippen molar-refractivity contribution in [2.24, 2.45) is 0 Å². The maximum absolute atomic E-state index is 12.3. The van der Waals surface area contributed by atoms with Crippen molar-refractivity contribution in [2.75, 3.05) is 6.26 Å². The molecule has 8 heteroatoms. The van der Waals surface area contributed by atoms with Crippen molar-refractivity contribution < 1.29 is 31.5 Å². The molecule has 100 valence electrons. The Bertz CT molecular complexity index is 575. The number of benzene rings is 1. The van der Waals surface area contributed by atoms with Crippen LogP contribution in [0.5, 0.6) is 0 Å². The summed E-state index contributed by atoms with van der Waals surface area (Å²) in [7, 11) is -3.93. The second-order valence-electron chi connectivity index (χ2n) is 3.69. The molecule has 0 atom stereocenters. The number of rotatable bonds is 3. The van der Waals surface area contributed by atoms with Gasteiger partial charge in [0.2, 0.25) is 0 Å². The SMILES string of the molecule is CS(=O)(=O)c1cc(C(=O)O)ccc1CC(F)(F)F. The van der Waals surface area contributed by atoms with Crippen molar-refractivity contribution >= 4 is 15.8 Å². The zero-order chi connectivity index (χ0) is 14.1. The van der Waals surface area contributed by atoms with Crippen molar-refractivity contribution in [3.8, 4) is 0 Å². The van der Waals surface area contributed by atoms with Crippen LogP contribution in [0.2, 0.25) is 0 Å². The van der Waals surface area contributed by atoms with E-state index in [1.165, 1.54) is 0 Å². The zero-order valence-corrected chi connectivity index (χ0v) is 9.97. The average molecular weight is 282 g/mol. The van der Waals surface area contributed by atoms with Gasteiger partial charge in [-0.3, -0.25) is 0 Å². The molecule has 0 spiro atoms. The van der Waals surface area contributed by atoms with Crippen LogP contribution in [-0.2, 0) is 16.3 Å². The Balaban J connectivity index is 3.40. The van der Waals surface area contributed by atoms with Crippen molar-refractivity contribution in [1.29, 1.82) is 0 Å². The van der Waals surface area contributed by atoms with Crippen molar-refractivity contribution in [1.82, 2.24) is 0 Å². The highest BCUT2D eigenvalue weighted by Crippen LogP contribution is 2.26. The summed E-state index contributed by atoms with van der Waals surface area (Å²) in [4.78, 5) is 10.0. The molecule has 0 aliphatic heterocycles. The summed E-state index contributed by atoms with van der Waals surface area (Å²) in [5.41, 5.74) is -0.837. The number of aromatic carboxylic acids is 1. The maximum Gasteiger partial charge on any atom is 0.393 e. The first-order chi connectivity index (χ1) is 8.00. The average Bonchev–Trinajstić information content (AvgIpc) is 2.13. The van der Waals surface area contributed by atoms with Gasteiger partial charge >= 0.3 is 12.1 Å². The van der Waals surface area contributed by atoms with Gasteiger partial charge in [-0.25, -0.2) is 13.2 Å². The van der Waals surface area contributed by atoms with Gasteiger partial charge in [0.15, 0.2) is 9.84 Å². The van der Waals surface area contributed by atoms with Crippen LogP contribution < -0.4 is 0 Å². The Kier molecular flexibility index (Phi) is 3.70. The van der Waals surface area contributed by atoms with Gasteiger partial charge in [-0.05, 0) is 17.7 Å². The lowest BCUT2D eigenvalue weighted by molar-refractivity contribution is -0.127. The molecule has 0 aliphatic rings. The summed E-state index contributed by atoms with van der Waals surface area (Å²) < 4.78 is 59.5. The second-order valence-corrected chi connectivity index (χ2v) is 5.68. The third kappa shape index (κ3) is 3.73. The van der Waals surface area contributed by atoms with Gasteiger partial charge < -0.3 is 5.11 Å². The van der Waals surface area contributed by atoms with Crippen LogP contribution in [0, 0.1) is 0 Å². The Morgan fingerprint density at radius 3 is 2.28 bits per heavy atom. The normalized spacial score (nSPS) is 12.4. The molecule has 4 nitrogen and oxygen atoms in total. The van der Waals surface area contributed by atoms with Gasteiger partial charge in [0.05, 0.1) is 16.9 Å². The van der Waals surface area contributed by atoms with Crippen LogP contribution in [0.25, 0.3) is 0 Å². The monoisotopic (exact) mass is 282 g/mol. The van der Waals surface area contributed by atoms with E-state index < -0.39 is 38.9 Å². The fourth-order valence-electron chi connectivity index (χ4n) is 1.39. The zero-order valence-electron chi connectivity index (χ0n) is 9.15. The molecule has 0 saturated carbocycles. The summed E-state index contributed by atoms with van der Waals surface area (Å²) in [6, 6.07) is 2.55. The summed E-state index contributed by atoms with van der Waals surface area (Å²) in [6.07, 6.45) is -5.26. The lowest BCUT2D eigenvalue weighted by Crippen LogP contribution is -2.15. The molecular formula is C10H9F3O4S. The largest absolute Gasteiger partial charge is 0.478 e. The highest BCUT2D eigenvalue weighted by atomic mass is 32.2. The molecule has 0 unspecified atom stereocenters. The van der Waals surface area contributed by atoms with E-state index in [0.29, 0.717) is 0 Å². The quantitative estimate of drug-likeness (QED) is 0.919. The molecule has 1 N–H and O–H groups in total. The molecular weight excluding hydrogens is 273 g/mol. The smallest absolute Gasteiger partial charge is 0.393 e. The van der Waals surface area contributed by atoms with Crippen LogP contribution in [0.4, 0.5) is 13.2 Å². The van der Waals surface area contributed by atoms with Crippen LogP contribution >= 0.6 is 0 Å². The number of carbonyl (C=O) groups is 1. The number of halogens is 3.